The molecule has 0 fully saturated rings. The lowest BCUT2D eigenvalue weighted by atomic mass is 10.0. The lowest BCUT2D eigenvalue weighted by Crippen LogP contribution is -1.93. The quantitative estimate of drug-likeness (QED) is 0.276. The first-order valence-corrected chi connectivity index (χ1v) is 10.4. The average Bonchev–Trinajstić information content (AvgIpc) is 2.75. The third kappa shape index (κ3) is 6.35. The van der Waals surface area contributed by atoms with Gasteiger partial charge in [-0.1, -0.05) is 67.4 Å². The summed E-state index contributed by atoms with van der Waals surface area (Å²) in [5.74, 6) is 0. The van der Waals surface area contributed by atoms with Gasteiger partial charge in [-0.3, -0.25) is 0 Å². The molecule has 0 aliphatic rings. The second-order valence-corrected chi connectivity index (χ2v) is 7.57. The highest BCUT2D eigenvalue weighted by Crippen LogP contribution is 2.22. The highest BCUT2D eigenvalue weighted by atomic mass is 19.1. The molecule has 3 aromatic rings. The van der Waals surface area contributed by atoms with E-state index in [1.807, 2.05) is 18.2 Å². The third-order valence-corrected chi connectivity index (χ3v) is 5.11. The van der Waals surface area contributed by atoms with Crippen molar-refractivity contribution >= 4 is 0 Å². The molecule has 0 aliphatic carbocycles. The summed E-state index contributed by atoms with van der Waals surface area (Å²) >= 11 is 0. The predicted octanol–water partition coefficient (Wildman–Crippen LogP) is 7.00. The molecule has 0 N–H and O–H groups in total. The number of unbranched alkanes of at least 4 members (excludes halogenated alkanes) is 2. The molecule has 1 unspecified atom stereocenters. The van der Waals surface area contributed by atoms with E-state index in [1.165, 1.54) is 11.1 Å². The van der Waals surface area contributed by atoms with Gasteiger partial charge in [0.15, 0.2) is 0 Å². The summed E-state index contributed by atoms with van der Waals surface area (Å²) in [7, 11) is 0. The Hall–Kier alpha value is -2.81. The van der Waals surface area contributed by atoms with E-state index in [2.05, 4.69) is 65.3 Å². The van der Waals surface area contributed by atoms with Gasteiger partial charge in [-0.25, -0.2) is 4.39 Å². The first kappa shape index (κ1) is 20.9. The number of alkyl halides is 1. The van der Waals surface area contributed by atoms with Gasteiger partial charge in [0.25, 0.3) is 0 Å². The topological polar surface area (TPSA) is 25.8 Å². The van der Waals surface area contributed by atoms with E-state index in [0.29, 0.717) is 6.42 Å². The van der Waals surface area contributed by atoms with Gasteiger partial charge in [0, 0.05) is 11.1 Å². The molecule has 3 heteroatoms. The summed E-state index contributed by atoms with van der Waals surface area (Å²) in [6.07, 6.45) is 6.95. The van der Waals surface area contributed by atoms with Crippen molar-refractivity contribution in [2.45, 2.75) is 51.6 Å². The molecule has 3 rings (SSSR count). The summed E-state index contributed by atoms with van der Waals surface area (Å²) in [5.41, 5.74) is 6.44. The van der Waals surface area contributed by atoms with Crippen molar-refractivity contribution in [1.82, 2.24) is 10.2 Å². The third-order valence-electron chi connectivity index (χ3n) is 5.11. The number of aryl methyl sites for hydroxylation is 1. The molecule has 0 amide bonds. The van der Waals surface area contributed by atoms with Crippen LogP contribution in [-0.2, 0) is 12.8 Å². The van der Waals surface area contributed by atoms with Crippen LogP contribution in [0.4, 0.5) is 4.39 Å². The summed E-state index contributed by atoms with van der Waals surface area (Å²) < 4.78 is 12.8. The maximum Gasteiger partial charge on any atom is 0.0973 e. The molecule has 0 radical (unpaired) electrons. The number of rotatable bonds is 10. The van der Waals surface area contributed by atoms with E-state index in [1.54, 1.807) is 6.92 Å². The van der Waals surface area contributed by atoms with Crippen LogP contribution in [0.15, 0.2) is 73.3 Å². The van der Waals surface area contributed by atoms with Crippen molar-refractivity contribution < 1.29 is 4.39 Å². The number of benzene rings is 2. The Bertz CT molecular complexity index is 882. The van der Waals surface area contributed by atoms with Crippen LogP contribution < -0.4 is 0 Å². The summed E-state index contributed by atoms with van der Waals surface area (Å²) in [6, 6.07) is 20.9. The Labute approximate surface area is 173 Å². The SMILES string of the molecule is C=CCc1ccc(-c2ccc(-c3ccc(CCCCCC(C)F)cc3)nn2)cc1. The zero-order valence-corrected chi connectivity index (χ0v) is 17.2. The van der Waals surface area contributed by atoms with Crippen LogP contribution in [-0.4, -0.2) is 16.4 Å². The minimum Gasteiger partial charge on any atom is -0.248 e. The van der Waals surface area contributed by atoms with Gasteiger partial charge < -0.3 is 0 Å². The van der Waals surface area contributed by atoms with Crippen LogP contribution in [0.2, 0.25) is 0 Å². The lowest BCUT2D eigenvalue weighted by Gasteiger charge is -2.06. The Morgan fingerprint density at radius 1 is 0.793 bits per heavy atom. The number of hydrogen-bond acceptors (Lipinski definition) is 2. The fourth-order valence-electron chi connectivity index (χ4n) is 3.39. The number of aromatic nitrogens is 2. The molecule has 2 aromatic carbocycles. The van der Waals surface area contributed by atoms with Gasteiger partial charge in [-0.2, -0.15) is 0 Å². The molecule has 0 aliphatic heterocycles. The molecule has 0 saturated heterocycles. The van der Waals surface area contributed by atoms with Gasteiger partial charge in [0.1, 0.15) is 0 Å². The summed E-state index contributed by atoms with van der Waals surface area (Å²) in [4.78, 5) is 0. The van der Waals surface area contributed by atoms with Crippen LogP contribution in [0.3, 0.4) is 0 Å². The summed E-state index contributed by atoms with van der Waals surface area (Å²) in [5, 5.41) is 8.82. The molecule has 1 heterocycles. The van der Waals surface area contributed by atoms with Crippen LogP contribution in [0, 0.1) is 0 Å². The van der Waals surface area contributed by atoms with Crippen molar-refractivity contribution in [3.05, 3.63) is 84.4 Å². The average molecular weight is 389 g/mol. The Morgan fingerprint density at radius 3 is 1.83 bits per heavy atom. The highest BCUT2D eigenvalue weighted by Gasteiger charge is 2.04. The highest BCUT2D eigenvalue weighted by molar-refractivity contribution is 5.64. The van der Waals surface area contributed by atoms with Crippen LogP contribution in [0.25, 0.3) is 22.5 Å². The molecular formula is C26H29FN2. The van der Waals surface area contributed by atoms with E-state index in [4.69, 9.17) is 0 Å². The fraction of sp³-hybridized carbons (Fsp3) is 0.308. The molecule has 1 aromatic heterocycles. The van der Waals surface area contributed by atoms with Crippen molar-refractivity contribution in [2.75, 3.05) is 0 Å². The van der Waals surface area contributed by atoms with E-state index < -0.39 is 6.17 Å². The first-order chi connectivity index (χ1) is 14.2. The Balaban J connectivity index is 1.57. The van der Waals surface area contributed by atoms with Crippen molar-refractivity contribution in [2.24, 2.45) is 0 Å². The zero-order valence-electron chi connectivity index (χ0n) is 17.2. The Kier molecular flexibility index (Phi) is 7.69. The molecular weight excluding hydrogens is 359 g/mol. The molecule has 0 saturated carbocycles. The van der Waals surface area contributed by atoms with Gasteiger partial charge in [0.05, 0.1) is 17.6 Å². The molecule has 0 spiro atoms. The van der Waals surface area contributed by atoms with Crippen molar-refractivity contribution in [3.8, 4) is 22.5 Å². The second kappa shape index (κ2) is 10.7. The summed E-state index contributed by atoms with van der Waals surface area (Å²) in [6.45, 7) is 5.41. The maximum absolute atomic E-state index is 12.8. The second-order valence-electron chi connectivity index (χ2n) is 7.57. The number of halogens is 1. The number of nitrogens with zero attached hydrogens (tertiary/aromatic N) is 2. The van der Waals surface area contributed by atoms with Gasteiger partial charge in [0.2, 0.25) is 0 Å². The monoisotopic (exact) mass is 388 g/mol. The predicted molar refractivity (Wildman–Crippen MR) is 120 cm³/mol. The van der Waals surface area contributed by atoms with Crippen molar-refractivity contribution in [1.29, 1.82) is 0 Å². The minimum atomic E-state index is -0.682. The molecule has 29 heavy (non-hydrogen) atoms. The van der Waals surface area contributed by atoms with Crippen LogP contribution >= 0.6 is 0 Å². The van der Waals surface area contributed by atoms with Gasteiger partial charge >= 0.3 is 0 Å². The van der Waals surface area contributed by atoms with E-state index in [0.717, 1.165) is 54.6 Å². The van der Waals surface area contributed by atoms with Crippen LogP contribution in [0.5, 0.6) is 0 Å². The fourth-order valence-corrected chi connectivity index (χ4v) is 3.39. The Morgan fingerprint density at radius 2 is 1.34 bits per heavy atom. The maximum atomic E-state index is 12.8. The molecule has 150 valence electrons. The van der Waals surface area contributed by atoms with E-state index >= 15 is 0 Å². The smallest absolute Gasteiger partial charge is 0.0973 e. The van der Waals surface area contributed by atoms with E-state index in [9.17, 15) is 4.39 Å². The minimum absolute atomic E-state index is 0.673. The number of allylic oxidation sites excluding steroid dienone is 1. The lowest BCUT2D eigenvalue weighted by molar-refractivity contribution is 0.330. The standard InChI is InChI=1S/C26H29FN2/c1-3-7-21-10-14-23(15-11-21)25-18-19-26(29-28-25)24-16-12-22(13-17-24)9-6-4-5-8-20(2)27/h3,10-20H,1,4-9H2,2H3. The zero-order chi connectivity index (χ0) is 20.5. The first-order valence-electron chi connectivity index (χ1n) is 10.4. The van der Waals surface area contributed by atoms with Gasteiger partial charge in [-0.05, 0) is 55.9 Å². The number of hydrogen-bond donors (Lipinski definition) is 0. The van der Waals surface area contributed by atoms with Crippen LogP contribution in [0.1, 0.15) is 43.7 Å². The van der Waals surface area contributed by atoms with Gasteiger partial charge in [-0.15, -0.1) is 16.8 Å². The normalized spacial score (nSPS) is 11.9. The molecule has 1 atom stereocenters. The molecule has 0 bridgehead atoms. The largest absolute Gasteiger partial charge is 0.248 e. The van der Waals surface area contributed by atoms with Crippen molar-refractivity contribution in [3.63, 3.8) is 0 Å². The molecule has 2 nitrogen and oxygen atoms in total. The van der Waals surface area contributed by atoms with E-state index in [-0.39, 0.29) is 0 Å².